The molecule has 2 N–H and O–H groups in total. The van der Waals surface area contributed by atoms with E-state index in [1.807, 2.05) is 61.7 Å². The molecule has 1 unspecified atom stereocenters. The molecule has 1 aromatic heterocycles. The van der Waals surface area contributed by atoms with Crippen LogP contribution in [-0.2, 0) is 27.2 Å². The van der Waals surface area contributed by atoms with Crippen LogP contribution in [0, 0.1) is 0 Å². The molecule has 1 amide bonds. The number of amides is 1. The average molecular weight is 380 g/mol. The monoisotopic (exact) mass is 380 g/mol. The number of fused-ring (bicyclic) bond motifs is 1. The Kier molecular flexibility index (Phi) is 6.32. The largest absolute Gasteiger partial charge is 0.494 e. The predicted octanol–water partition coefficient (Wildman–Crippen LogP) is 3.01. The van der Waals surface area contributed by atoms with Gasteiger partial charge >= 0.3 is 5.97 Å². The first-order valence-corrected chi connectivity index (χ1v) is 9.24. The number of H-pyrrole nitrogens is 1. The number of benzene rings is 2. The first-order chi connectivity index (χ1) is 13.6. The first kappa shape index (κ1) is 19.5. The van der Waals surface area contributed by atoms with Crippen LogP contribution in [0.25, 0.3) is 10.9 Å². The number of aromatic amines is 1. The van der Waals surface area contributed by atoms with Crippen LogP contribution < -0.4 is 10.1 Å². The van der Waals surface area contributed by atoms with Crippen molar-refractivity contribution >= 4 is 22.8 Å². The van der Waals surface area contributed by atoms with E-state index in [0.29, 0.717) is 13.0 Å². The maximum absolute atomic E-state index is 12.5. The van der Waals surface area contributed by atoms with Crippen LogP contribution in [0.1, 0.15) is 18.1 Å². The molecular formula is C22H24N2O4. The lowest BCUT2D eigenvalue weighted by Gasteiger charge is -2.16. The van der Waals surface area contributed by atoms with E-state index in [0.717, 1.165) is 27.8 Å². The van der Waals surface area contributed by atoms with E-state index in [2.05, 4.69) is 10.3 Å². The van der Waals surface area contributed by atoms with Crippen molar-refractivity contribution in [3.63, 3.8) is 0 Å². The summed E-state index contributed by atoms with van der Waals surface area (Å²) < 4.78 is 10.3. The molecule has 0 saturated heterocycles. The fourth-order valence-corrected chi connectivity index (χ4v) is 3.16. The van der Waals surface area contributed by atoms with Gasteiger partial charge in [0.2, 0.25) is 5.91 Å². The molecule has 6 nitrogen and oxygen atoms in total. The van der Waals surface area contributed by atoms with E-state index in [1.54, 1.807) is 0 Å². The zero-order valence-electron chi connectivity index (χ0n) is 16.0. The topological polar surface area (TPSA) is 80.4 Å². The zero-order chi connectivity index (χ0) is 19.9. The minimum atomic E-state index is -0.751. The molecule has 0 bridgehead atoms. The van der Waals surface area contributed by atoms with Gasteiger partial charge in [-0.2, -0.15) is 0 Å². The van der Waals surface area contributed by atoms with E-state index in [1.165, 1.54) is 7.11 Å². The summed E-state index contributed by atoms with van der Waals surface area (Å²) in [5, 5.41) is 3.83. The molecule has 0 fully saturated rings. The van der Waals surface area contributed by atoms with Crippen LogP contribution >= 0.6 is 0 Å². The summed E-state index contributed by atoms with van der Waals surface area (Å²) in [5.41, 5.74) is 2.78. The van der Waals surface area contributed by atoms with Gasteiger partial charge in [-0.3, -0.25) is 4.79 Å². The van der Waals surface area contributed by atoms with E-state index in [4.69, 9.17) is 9.47 Å². The maximum atomic E-state index is 12.5. The summed E-state index contributed by atoms with van der Waals surface area (Å²) in [6.07, 6.45) is 2.39. The second-order valence-electron chi connectivity index (χ2n) is 6.46. The predicted molar refractivity (Wildman–Crippen MR) is 107 cm³/mol. The summed E-state index contributed by atoms with van der Waals surface area (Å²) in [6.45, 7) is 2.51. The summed E-state index contributed by atoms with van der Waals surface area (Å²) in [7, 11) is 1.32. The highest BCUT2D eigenvalue weighted by atomic mass is 16.5. The van der Waals surface area contributed by atoms with Crippen molar-refractivity contribution in [2.45, 2.75) is 25.8 Å². The van der Waals surface area contributed by atoms with E-state index in [-0.39, 0.29) is 12.3 Å². The van der Waals surface area contributed by atoms with Crippen molar-refractivity contribution in [1.82, 2.24) is 10.3 Å². The first-order valence-electron chi connectivity index (χ1n) is 9.24. The third kappa shape index (κ3) is 4.71. The normalized spacial score (nSPS) is 11.8. The summed E-state index contributed by atoms with van der Waals surface area (Å²) in [6, 6.07) is 14.4. The molecule has 6 heteroatoms. The molecule has 0 aliphatic rings. The molecule has 3 rings (SSSR count). The SMILES string of the molecule is CCOc1ccc(CC(=O)NC(Cc2c[nH]c3ccccc23)C(=O)OC)cc1. The molecule has 0 radical (unpaired) electrons. The fraction of sp³-hybridized carbons (Fsp3) is 0.273. The van der Waals surface area contributed by atoms with Crippen molar-refractivity contribution in [3.8, 4) is 5.75 Å². The molecule has 1 atom stereocenters. The molecule has 28 heavy (non-hydrogen) atoms. The number of para-hydroxylation sites is 1. The maximum Gasteiger partial charge on any atom is 0.328 e. The molecule has 2 aromatic carbocycles. The van der Waals surface area contributed by atoms with Crippen LogP contribution in [0.3, 0.4) is 0 Å². The smallest absolute Gasteiger partial charge is 0.328 e. The van der Waals surface area contributed by atoms with Gasteiger partial charge in [0.15, 0.2) is 0 Å². The summed E-state index contributed by atoms with van der Waals surface area (Å²) >= 11 is 0. The van der Waals surface area contributed by atoms with Crippen molar-refractivity contribution < 1.29 is 19.1 Å². The van der Waals surface area contributed by atoms with Gasteiger partial charge in [0.05, 0.1) is 20.1 Å². The van der Waals surface area contributed by atoms with Gasteiger partial charge in [-0.05, 0) is 36.2 Å². The fourth-order valence-electron chi connectivity index (χ4n) is 3.16. The highest BCUT2D eigenvalue weighted by Crippen LogP contribution is 2.19. The number of aromatic nitrogens is 1. The van der Waals surface area contributed by atoms with Crippen LogP contribution in [-0.4, -0.2) is 36.6 Å². The van der Waals surface area contributed by atoms with Gasteiger partial charge in [-0.25, -0.2) is 4.79 Å². The second kappa shape index (κ2) is 9.08. The van der Waals surface area contributed by atoms with Gasteiger partial charge < -0.3 is 19.8 Å². The summed E-state index contributed by atoms with van der Waals surface area (Å²) in [4.78, 5) is 27.9. The number of carbonyl (C=O) groups excluding carboxylic acids is 2. The van der Waals surface area contributed by atoms with Gasteiger partial charge in [0, 0.05) is 23.5 Å². The van der Waals surface area contributed by atoms with Crippen LogP contribution in [0.2, 0.25) is 0 Å². The lowest BCUT2D eigenvalue weighted by Crippen LogP contribution is -2.43. The molecular weight excluding hydrogens is 356 g/mol. The standard InChI is InChI=1S/C22H24N2O4/c1-3-28-17-10-8-15(9-11-17)12-21(25)24-20(22(26)27-2)13-16-14-23-19-7-5-4-6-18(16)19/h4-11,14,20,23H,3,12-13H2,1-2H3,(H,24,25). The lowest BCUT2D eigenvalue weighted by atomic mass is 10.0. The Labute approximate surface area is 163 Å². The highest BCUT2D eigenvalue weighted by molar-refractivity contribution is 5.88. The van der Waals surface area contributed by atoms with Crippen LogP contribution in [0.4, 0.5) is 0 Å². The van der Waals surface area contributed by atoms with Crippen molar-refractivity contribution in [2.24, 2.45) is 0 Å². The van der Waals surface area contributed by atoms with Crippen LogP contribution in [0.5, 0.6) is 5.75 Å². The van der Waals surface area contributed by atoms with E-state index >= 15 is 0 Å². The number of rotatable bonds is 8. The molecule has 0 aliphatic carbocycles. The van der Waals surface area contributed by atoms with Gasteiger partial charge in [0.25, 0.3) is 0 Å². The van der Waals surface area contributed by atoms with Crippen LogP contribution in [0.15, 0.2) is 54.7 Å². The number of esters is 1. The van der Waals surface area contributed by atoms with Crippen molar-refractivity contribution in [1.29, 1.82) is 0 Å². The molecule has 146 valence electrons. The zero-order valence-corrected chi connectivity index (χ0v) is 16.0. The number of ether oxygens (including phenoxy) is 2. The van der Waals surface area contributed by atoms with Gasteiger partial charge in [-0.1, -0.05) is 30.3 Å². The van der Waals surface area contributed by atoms with E-state index < -0.39 is 12.0 Å². The van der Waals surface area contributed by atoms with Crippen molar-refractivity contribution in [3.05, 3.63) is 65.9 Å². The van der Waals surface area contributed by atoms with Gasteiger partial charge in [0.1, 0.15) is 11.8 Å². The number of hydrogen-bond acceptors (Lipinski definition) is 4. The Balaban J connectivity index is 1.68. The Hall–Kier alpha value is -3.28. The third-order valence-electron chi connectivity index (χ3n) is 4.52. The Morgan fingerprint density at radius 3 is 2.57 bits per heavy atom. The summed E-state index contributed by atoms with van der Waals surface area (Å²) in [5.74, 6) is 0.0585. The van der Waals surface area contributed by atoms with Gasteiger partial charge in [-0.15, -0.1) is 0 Å². The minimum absolute atomic E-state index is 0.174. The van der Waals surface area contributed by atoms with E-state index in [9.17, 15) is 9.59 Å². The minimum Gasteiger partial charge on any atom is -0.494 e. The Morgan fingerprint density at radius 2 is 1.86 bits per heavy atom. The van der Waals surface area contributed by atoms with Crippen molar-refractivity contribution in [2.75, 3.05) is 13.7 Å². The Morgan fingerprint density at radius 1 is 1.11 bits per heavy atom. The lowest BCUT2D eigenvalue weighted by molar-refractivity contribution is -0.145. The number of hydrogen-bond donors (Lipinski definition) is 2. The number of methoxy groups -OCH3 is 1. The number of carbonyl (C=O) groups is 2. The third-order valence-corrected chi connectivity index (χ3v) is 4.52. The molecule has 3 aromatic rings. The second-order valence-corrected chi connectivity index (χ2v) is 6.46. The average Bonchev–Trinajstić information content (AvgIpc) is 3.11. The molecule has 1 heterocycles. The molecule has 0 aliphatic heterocycles. The molecule has 0 saturated carbocycles. The quantitative estimate of drug-likeness (QED) is 0.589. The molecule has 0 spiro atoms. The highest BCUT2D eigenvalue weighted by Gasteiger charge is 2.23. The Bertz CT molecular complexity index is 947. The number of nitrogens with one attached hydrogen (secondary N) is 2.